The van der Waals surface area contributed by atoms with Crippen molar-refractivity contribution in [3.63, 3.8) is 0 Å². The molecular formula is C31H32N2O6. The van der Waals surface area contributed by atoms with Crippen LogP contribution in [0.3, 0.4) is 0 Å². The minimum Gasteiger partial charge on any atom is -0.507 e. The van der Waals surface area contributed by atoms with Gasteiger partial charge in [0.2, 0.25) is 0 Å². The van der Waals surface area contributed by atoms with Crippen molar-refractivity contribution in [2.45, 2.75) is 13.0 Å². The number of ketones is 1. The molecule has 1 amide bonds. The third-order valence-corrected chi connectivity index (χ3v) is 7.12. The number of amides is 1. The summed E-state index contributed by atoms with van der Waals surface area (Å²) in [5.41, 5.74) is 1.99. The van der Waals surface area contributed by atoms with Crippen LogP contribution in [0.25, 0.3) is 5.76 Å². The summed E-state index contributed by atoms with van der Waals surface area (Å²) in [5.74, 6) is 0.353. The number of morpholine rings is 1. The lowest BCUT2D eigenvalue weighted by Crippen LogP contribution is -2.42. The molecule has 202 valence electrons. The maximum absolute atomic E-state index is 13.5. The number of aryl methyl sites for hydroxylation is 1. The van der Waals surface area contributed by atoms with E-state index in [0.717, 1.165) is 18.7 Å². The van der Waals surface area contributed by atoms with Crippen LogP contribution >= 0.6 is 0 Å². The van der Waals surface area contributed by atoms with Gasteiger partial charge in [0.1, 0.15) is 23.0 Å². The average Bonchev–Trinajstić information content (AvgIpc) is 3.22. The van der Waals surface area contributed by atoms with E-state index in [9.17, 15) is 14.7 Å². The Balaban J connectivity index is 1.55. The van der Waals surface area contributed by atoms with Crippen molar-refractivity contribution in [3.05, 3.63) is 95.1 Å². The number of methoxy groups -OCH3 is 1. The van der Waals surface area contributed by atoms with Crippen LogP contribution in [0.15, 0.2) is 78.4 Å². The molecule has 2 aliphatic rings. The van der Waals surface area contributed by atoms with E-state index < -0.39 is 17.7 Å². The summed E-state index contributed by atoms with van der Waals surface area (Å²) in [4.78, 5) is 30.6. The molecule has 0 saturated carbocycles. The number of aliphatic hydroxyl groups excluding tert-OH is 1. The molecule has 0 spiro atoms. The van der Waals surface area contributed by atoms with E-state index in [1.165, 1.54) is 0 Å². The van der Waals surface area contributed by atoms with E-state index in [1.807, 2.05) is 61.5 Å². The van der Waals surface area contributed by atoms with E-state index in [1.54, 1.807) is 30.2 Å². The van der Waals surface area contributed by atoms with E-state index in [0.29, 0.717) is 54.7 Å². The summed E-state index contributed by atoms with van der Waals surface area (Å²) in [6.45, 7) is 5.58. The highest BCUT2D eigenvalue weighted by molar-refractivity contribution is 6.46. The molecule has 2 heterocycles. The van der Waals surface area contributed by atoms with Gasteiger partial charge in [0.15, 0.2) is 0 Å². The van der Waals surface area contributed by atoms with E-state index in [4.69, 9.17) is 14.2 Å². The minimum absolute atomic E-state index is 0.0587. The second-order valence-corrected chi connectivity index (χ2v) is 9.62. The van der Waals surface area contributed by atoms with Crippen LogP contribution in [-0.2, 0) is 14.3 Å². The SMILES string of the molecule is COc1ccc(/C(O)=C2\C(=O)C(=O)N(CCN3CCOCC3)[C@@H]2c2cccc(Oc3ccccc3)c2)cc1C. The number of nitrogens with zero attached hydrogens (tertiary/aromatic N) is 2. The first kappa shape index (κ1) is 26.5. The van der Waals surface area contributed by atoms with Crippen LogP contribution in [0.2, 0.25) is 0 Å². The second kappa shape index (κ2) is 11.7. The number of ether oxygens (including phenoxy) is 3. The molecule has 8 nitrogen and oxygen atoms in total. The molecule has 0 radical (unpaired) electrons. The van der Waals surface area contributed by atoms with Crippen molar-refractivity contribution in [2.75, 3.05) is 46.5 Å². The van der Waals surface area contributed by atoms with Gasteiger partial charge < -0.3 is 24.2 Å². The summed E-state index contributed by atoms with van der Waals surface area (Å²) in [6, 6.07) is 21.1. The monoisotopic (exact) mass is 528 g/mol. The average molecular weight is 529 g/mol. The molecular weight excluding hydrogens is 496 g/mol. The lowest BCUT2D eigenvalue weighted by Gasteiger charge is -2.31. The molecule has 1 N–H and O–H groups in total. The minimum atomic E-state index is -0.771. The van der Waals surface area contributed by atoms with Crippen LogP contribution in [0.4, 0.5) is 0 Å². The van der Waals surface area contributed by atoms with Crippen molar-refractivity contribution in [1.29, 1.82) is 0 Å². The van der Waals surface area contributed by atoms with Crippen LogP contribution in [0.1, 0.15) is 22.7 Å². The van der Waals surface area contributed by atoms with Crippen LogP contribution in [0.5, 0.6) is 17.2 Å². The maximum atomic E-state index is 13.5. The van der Waals surface area contributed by atoms with E-state index in [2.05, 4.69) is 4.90 Å². The summed E-state index contributed by atoms with van der Waals surface area (Å²) in [6.07, 6.45) is 0. The third-order valence-electron chi connectivity index (χ3n) is 7.12. The van der Waals surface area contributed by atoms with Gasteiger partial charge in [-0.2, -0.15) is 0 Å². The normalized spacial score (nSPS) is 19.3. The Hall–Kier alpha value is -4.14. The van der Waals surface area contributed by atoms with Gasteiger partial charge in [0.05, 0.1) is 31.9 Å². The quantitative estimate of drug-likeness (QED) is 0.261. The number of carbonyl (C=O) groups is 2. The van der Waals surface area contributed by atoms with Crippen molar-refractivity contribution in [3.8, 4) is 17.2 Å². The molecule has 0 aliphatic carbocycles. The zero-order valence-corrected chi connectivity index (χ0v) is 22.1. The fraction of sp³-hybridized carbons (Fsp3) is 0.290. The zero-order valence-electron chi connectivity index (χ0n) is 22.1. The van der Waals surface area contributed by atoms with Gasteiger partial charge in [0.25, 0.3) is 11.7 Å². The molecule has 8 heteroatoms. The van der Waals surface area contributed by atoms with E-state index >= 15 is 0 Å². The number of carbonyl (C=O) groups excluding carboxylic acids is 2. The maximum Gasteiger partial charge on any atom is 0.295 e. The van der Waals surface area contributed by atoms with Crippen LogP contribution in [-0.4, -0.2) is 73.1 Å². The van der Waals surface area contributed by atoms with Crippen molar-refractivity contribution in [2.24, 2.45) is 0 Å². The van der Waals surface area contributed by atoms with Gasteiger partial charge in [-0.15, -0.1) is 0 Å². The number of hydrogen-bond acceptors (Lipinski definition) is 7. The Morgan fingerprint density at radius 3 is 2.41 bits per heavy atom. The van der Waals surface area contributed by atoms with Crippen molar-refractivity contribution >= 4 is 17.4 Å². The lowest BCUT2D eigenvalue weighted by molar-refractivity contribution is -0.140. The zero-order chi connectivity index (χ0) is 27.4. The summed E-state index contributed by atoms with van der Waals surface area (Å²) in [7, 11) is 1.58. The van der Waals surface area contributed by atoms with E-state index in [-0.39, 0.29) is 11.3 Å². The largest absolute Gasteiger partial charge is 0.507 e. The molecule has 2 aliphatic heterocycles. The Morgan fingerprint density at radius 2 is 1.69 bits per heavy atom. The molecule has 0 unspecified atom stereocenters. The fourth-order valence-electron chi connectivity index (χ4n) is 5.09. The molecule has 3 aromatic rings. The van der Waals surface area contributed by atoms with Gasteiger partial charge in [-0.05, 0) is 60.5 Å². The first-order valence-corrected chi connectivity index (χ1v) is 13.0. The highest BCUT2D eigenvalue weighted by Crippen LogP contribution is 2.41. The first-order chi connectivity index (χ1) is 19.0. The number of rotatable bonds is 8. The predicted molar refractivity (Wildman–Crippen MR) is 147 cm³/mol. The predicted octanol–water partition coefficient (Wildman–Crippen LogP) is 4.55. The first-order valence-electron chi connectivity index (χ1n) is 13.0. The molecule has 5 rings (SSSR count). The molecule has 0 aromatic heterocycles. The number of aliphatic hydroxyl groups is 1. The smallest absolute Gasteiger partial charge is 0.295 e. The molecule has 2 fully saturated rings. The number of hydrogen-bond donors (Lipinski definition) is 1. The molecule has 3 aromatic carbocycles. The molecule has 39 heavy (non-hydrogen) atoms. The molecule has 1 atom stereocenters. The van der Waals surface area contributed by atoms with Gasteiger partial charge in [-0.3, -0.25) is 14.5 Å². The highest BCUT2D eigenvalue weighted by atomic mass is 16.5. The summed E-state index contributed by atoms with van der Waals surface area (Å²) in [5, 5.41) is 11.4. The summed E-state index contributed by atoms with van der Waals surface area (Å²) < 4.78 is 16.8. The Bertz CT molecular complexity index is 1380. The number of benzene rings is 3. The summed E-state index contributed by atoms with van der Waals surface area (Å²) >= 11 is 0. The number of para-hydroxylation sites is 1. The van der Waals surface area contributed by atoms with Crippen molar-refractivity contribution < 1.29 is 28.9 Å². The standard InChI is InChI=1S/C31H32N2O6/c1-21-19-23(11-12-26(21)37-2)29(34)27-28(22-7-6-10-25(20-22)39-24-8-4-3-5-9-24)33(31(36)30(27)35)14-13-32-15-17-38-18-16-32/h3-12,19-20,28,34H,13-18H2,1-2H3/b29-27+/t28-/m1/s1. The van der Waals surface area contributed by atoms with Crippen molar-refractivity contribution in [1.82, 2.24) is 9.80 Å². The topological polar surface area (TPSA) is 88.5 Å². The Labute approximate surface area is 228 Å². The number of likely N-dealkylation sites (tertiary alicyclic amines) is 1. The molecule has 2 saturated heterocycles. The second-order valence-electron chi connectivity index (χ2n) is 9.62. The third kappa shape index (κ3) is 5.67. The van der Waals surface area contributed by atoms with Crippen LogP contribution in [0, 0.1) is 6.92 Å². The Morgan fingerprint density at radius 1 is 0.949 bits per heavy atom. The van der Waals surface area contributed by atoms with Gasteiger partial charge in [0, 0.05) is 31.7 Å². The molecule has 0 bridgehead atoms. The van der Waals surface area contributed by atoms with Gasteiger partial charge in [-0.25, -0.2) is 0 Å². The van der Waals surface area contributed by atoms with Gasteiger partial charge >= 0.3 is 0 Å². The van der Waals surface area contributed by atoms with Crippen LogP contribution < -0.4 is 9.47 Å². The highest BCUT2D eigenvalue weighted by Gasteiger charge is 2.46. The number of Topliss-reactive ketones (excluding diaryl/α,β-unsaturated/α-hetero) is 1. The van der Waals surface area contributed by atoms with Gasteiger partial charge in [-0.1, -0.05) is 30.3 Å². The fourth-order valence-corrected chi connectivity index (χ4v) is 5.09. The lowest BCUT2D eigenvalue weighted by atomic mass is 9.94. The Kier molecular flexibility index (Phi) is 7.95.